The van der Waals surface area contributed by atoms with Crippen LogP contribution in [0.2, 0.25) is 5.02 Å². The van der Waals surface area contributed by atoms with Crippen LogP contribution in [0.25, 0.3) is 10.2 Å². The second-order valence-electron chi connectivity index (χ2n) is 8.28. The third-order valence-corrected chi connectivity index (χ3v) is 7.59. The number of aryl methyl sites for hydroxylation is 3. The van der Waals surface area contributed by atoms with Crippen LogP contribution in [-0.4, -0.2) is 33.4 Å². The second kappa shape index (κ2) is 8.73. The van der Waals surface area contributed by atoms with Gasteiger partial charge in [-0.05, 0) is 76.9 Å². The molecule has 1 atom stereocenters. The highest BCUT2D eigenvalue weighted by Crippen LogP contribution is 2.28. The molecule has 8 heteroatoms. The molecule has 1 amide bonds. The molecule has 31 heavy (non-hydrogen) atoms. The van der Waals surface area contributed by atoms with E-state index in [0.29, 0.717) is 28.5 Å². The molecule has 0 bridgehead atoms. The molecule has 0 saturated carbocycles. The summed E-state index contributed by atoms with van der Waals surface area (Å²) in [6, 6.07) is 4.69. The van der Waals surface area contributed by atoms with E-state index in [1.807, 2.05) is 32.9 Å². The van der Waals surface area contributed by atoms with Crippen molar-refractivity contribution in [2.75, 3.05) is 18.4 Å². The maximum Gasteiger partial charge on any atom is 0.263 e. The van der Waals surface area contributed by atoms with Gasteiger partial charge in [0.2, 0.25) is 5.91 Å². The number of benzene rings is 1. The quantitative estimate of drug-likeness (QED) is 0.594. The minimum atomic E-state index is -0.707. The predicted molar refractivity (Wildman–Crippen MR) is 127 cm³/mol. The highest BCUT2D eigenvalue weighted by Gasteiger charge is 2.25. The first-order valence-electron chi connectivity index (χ1n) is 10.6. The van der Waals surface area contributed by atoms with E-state index in [2.05, 4.69) is 10.2 Å². The van der Waals surface area contributed by atoms with E-state index in [1.54, 1.807) is 28.9 Å². The first-order chi connectivity index (χ1) is 14.8. The highest BCUT2D eigenvalue weighted by atomic mass is 35.5. The lowest BCUT2D eigenvalue weighted by atomic mass is 10.2. The standard InChI is InChI=1S/C23H27ClN4O2S/c1-13-7-8-17(11-18(13)24)25-21(29)15(3)28-19(12-27-9-5-6-10-27)26-22-20(23(28)30)14(2)16(4)31-22/h7-8,11,15H,5-6,9-10,12H2,1-4H3,(H,25,29). The number of anilines is 1. The van der Waals surface area contributed by atoms with Crippen LogP contribution in [0.4, 0.5) is 5.69 Å². The Morgan fingerprint density at radius 1 is 1.26 bits per heavy atom. The zero-order chi connectivity index (χ0) is 22.3. The number of aromatic nitrogens is 2. The largest absolute Gasteiger partial charge is 0.324 e. The van der Waals surface area contributed by atoms with Crippen LogP contribution in [0.3, 0.4) is 0 Å². The van der Waals surface area contributed by atoms with Crippen molar-refractivity contribution >= 4 is 44.7 Å². The molecule has 0 spiro atoms. The van der Waals surface area contributed by atoms with E-state index in [9.17, 15) is 9.59 Å². The fourth-order valence-electron chi connectivity index (χ4n) is 4.03. The average molecular weight is 459 g/mol. The average Bonchev–Trinajstić information content (AvgIpc) is 3.32. The van der Waals surface area contributed by atoms with E-state index in [-0.39, 0.29) is 11.5 Å². The number of fused-ring (bicyclic) bond motifs is 1. The smallest absolute Gasteiger partial charge is 0.263 e. The molecular formula is C23H27ClN4O2S. The summed E-state index contributed by atoms with van der Waals surface area (Å²) in [6.07, 6.45) is 2.29. The van der Waals surface area contributed by atoms with Gasteiger partial charge in [-0.25, -0.2) is 4.98 Å². The molecule has 1 N–H and O–H groups in total. The number of halogens is 1. The van der Waals surface area contributed by atoms with E-state index in [0.717, 1.165) is 46.8 Å². The molecule has 1 saturated heterocycles. The fraction of sp³-hybridized carbons (Fsp3) is 0.435. The Bertz CT molecular complexity index is 1210. The molecule has 164 valence electrons. The van der Waals surface area contributed by atoms with Gasteiger partial charge in [0, 0.05) is 15.6 Å². The van der Waals surface area contributed by atoms with Crippen LogP contribution in [0.15, 0.2) is 23.0 Å². The minimum Gasteiger partial charge on any atom is -0.324 e. The number of nitrogens with zero attached hydrogens (tertiary/aromatic N) is 3. The number of hydrogen-bond acceptors (Lipinski definition) is 5. The molecule has 1 unspecified atom stereocenters. The Labute approximate surface area is 190 Å². The molecule has 1 aliphatic heterocycles. The monoisotopic (exact) mass is 458 g/mol. The van der Waals surface area contributed by atoms with Gasteiger partial charge in [-0.1, -0.05) is 17.7 Å². The van der Waals surface area contributed by atoms with Crippen molar-refractivity contribution in [2.24, 2.45) is 0 Å². The minimum absolute atomic E-state index is 0.148. The van der Waals surface area contributed by atoms with Crippen molar-refractivity contribution in [1.29, 1.82) is 0 Å². The van der Waals surface area contributed by atoms with Crippen LogP contribution in [-0.2, 0) is 11.3 Å². The molecule has 1 fully saturated rings. The van der Waals surface area contributed by atoms with Gasteiger partial charge in [0.25, 0.3) is 5.56 Å². The number of carbonyl (C=O) groups is 1. The van der Waals surface area contributed by atoms with E-state index in [4.69, 9.17) is 16.6 Å². The second-order valence-corrected chi connectivity index (χ2v) is 9.89. The van der Waals surface area contributed by atoms with E-state index < -0.39 is 6.04 Å². The molecule has 1 aromatic carbocycles. The summed E-state index contributed by atoms with van der Waals surface area (Å²) in [5.41, 5.74) is 2.34. The summed E-state index contributed by atoms with van der Waals surface area (Å²) < 4.78 is 1.57. The number of amides is 1. The number of nitrogens with one attached hydrogen (secondary N) is 1. The zero-order valence-corrected chi connectivity index (χ0v) is 19.9. The highest BCUT2D eigenvalue weighted by molar-refractivity contribution is 7.18. The Hall–Kier alpha value is -2.22. The summed E-state index contributed by atoms with van der Waals surface area (Å²) in [5.74, 6) is 0.376. The normalized spacial score (nSPS) is 15.5. The van der Waals surface area contributed by atoms with Crippen molar-refractivity contribution in [3.8, 4) is 0 Å². The molecular weight excluding hydrogens is 432 g/mol. The maximum absolute atomic E-state index is 13.6. The molecule has 2 aromatic heterocycles. The van der Waals surface area contributed by atoms with Crippen molar-refractivity contribution in [3.63, 3.8) is 0 Å². The van der Waals surface area contributed by atoms with Crippen LogP contribution in [0.5, 0.6) is 0 Å². The Kier molecular flexibility index (Phi) is 6.19. The Balaban J connectivity index is 1.74. The molecule has 6 nitrogen and oxygen atoms in total. The third-order valence-electron chi connectivity index (χ3n) is 6.08. The third kappa shape index (κ3) is 4.27. The predicted octanol–water partition coefficient (Wildman–Crippen LogP) is 4.83. The summed E-state index contributed by atoms with van der Waals surface area (Å²) in [4.78, 5) is 35.7. The first-order valence-corrected chi connectivity index (χ1v) is 11.8. The number of rotatable bonds is 5. The molecule has 3 aromatic rings. The van der Waals surface area contributed by atoms with Crippen LogP contribution >= 0.6 is 22.9 Å². The SMILES string of the molecule is Cc1ccc(NC(=O)C(C)n2c(CN3CCCC3)nc3sc(C)c(C)c3c2=O)cc1Cl. The number of thiophene rings is 1. The van der Waals surface area contributed by atoms with Crippen molar-refractivity contribution < 1.29 is 4.79 Å². The van der Waals surface area contributed by atoms with Gasteiger partial charge in [-0.15, -0.1) is 11.3 Å². The van der Waals surface area contributed by atoms with E-state index in [1.165, 1.54) is 0 Å². The van der Waals surface area contributed by atoms with Crippen molar-refractivity contribution in [2.45, 2.75) is 53.1 Å². The van der Waals surface area contributed by atoms with Gasteiger partial charge in [-0.3, -0.25) is 19.1 Å². The van der Waals surface area contributed by atoms with Crippen molar-refractivity contribution in [3.05, 3.63) is 55.4 Å². The van der Waals surface area contributed by atoms with Gasteiger partial charge >= 0.3 is 0 Å². The lowest BCUT2D eigenvalue weighted by molar-refractivity contribution is -0.119. The van der Waals surface area contributed by atoms with Gasteiger partial charge in [0.05, 0.1) is 11.9 Å². The maximum atomic E-state index is 13.6. The molecule has 0 aliphatic carbocycles. The molecule has 3 heterocycles. The summed E-state index contributed by atoms with van der Waals surface area (Å²) >= 11 is 7.74. The first kappa shape index (κ1) is 22.0. The molecule has 1 aliphatic rings. The van der Waals surface area contributed by atoms with Crippen LogP contribution in [0.1, 0.15) is 47.6 Å². The Morgan fingerprint density at radius 3 is 2.65 bits per heavy atom. The summed E-state index contributed by atoms with van der Waals surface area (Å²) in [7, 11) is 0. The number of likely N-dealkylation sites (tertiary alicyclic amines) is 1. The molecule has 0 radical (unpaired) electrons. The number of carbonyl (C=O) groups excluding carboxylic acids is 1. The van der Waals surface area contributed by atoms with E-state index >= 15 is 0 Å². The van der Waals surface area contributed by atoms with Crippen LogP contribution < -0.4 is 10.9 Å². The lowest BCUT2D eigenvalue weighted by Gasteiger charge is -2.22. The zero-order valence-electron chi connectivity index (χ0n) is 18.3. The number of hydrogen-bond donors (Lipinski definition) is 1. The Morgan fingerprint density at radius 2 is 1.97 bits per heavy atom. The topological polar surface area (TPSA) is 67.2 Å². The lowest BCUT2D eigenvalue weighted by Crippen LogP contribution is -2.36. The molecule has 4 rings (SSSR count). The summed E-state index contributed by atoms with van der Waals surface area (Å²) in [6.45, 7) is 10.1. The fourth-order valence-corrected chi connectivity index (χ4v) is 5.25. The van der Waals surface area contributed by atoms with Gasteiger partial charge in [0.15, 0.2) is 0 Å². The van der Waals surface area contributed by atoms with Gasteiger partial charge < -0.3 is 5.32 Å². The van der Waals surface area contributed by atoms with Gasteiger partial charge in [0.1, 0.15) is 16.7 Å². The summed E-state index contributed by atoms with van der Waals surface area (Å²) in [5, 5.41) is 4.11. The van der Waals surface area contributed by atoms with Crippen molar-refractivity contribution in [1.82, 2.24) is 14.5 Å². The van der Waals surface area contributed by atoms with Crippen LogP contribution in [0, 0.1) is 20.8 Å². The van der Waals surface area contributed by atoms with Gasteiger partial charge in [-0.2, -0.15) is 0 Å².